The lowest BCUT2D eigenvalue weighted by molar-refractivity contribution is -0.0792. The maximum Gasteiger partial charge on any atom is 0.264 e. The van der Waals surface area contributed by atoms with Gasteiger partial charge in [-0.15, -0.1) is 0 Å². The third kappa shape index (κ3) is 5.00. The topological polar surface area (TPSA) is 82.1 Å². The summed E-state index contributed by atoms with van der Waals surface area (Å²) >= 11 is 0. The molecule has 1 saturated heterocycles. The lowest BCUT2D eigenvalue weighted by atomic mass is 9.89. The third-order valence-electron chi connectivity index (χ3n) is 6.42. The zero-order chi connectivity index (χ0) is 23.6. The highest BCUT2D eigenvalue weighted by molar-refractivity contribution is 7.85. The summed E-state index contributed by atoms with van der Waals surface area (Å²) in [4.78, 5) is 0. The average Bonchev–Trinajstić information content (AvgIpc) is 3.02. The minimum absolute atomic E-state index is 0.105. The van der Waals surface area contributed by atoms with Gasteiger partial charge in [0.1, 0.15) is 5.60 Å². The Hall–Kier alpha value is -1.55. The summed E-state index contributed by atoms with van der Waals surface area (Å²) < 4.78 is 41.6. The summed E-state index contributed by atoms with van der Waals surface area (Å²) in [6.45, 7) is 8.37. The van der Waals surface area contributed by atoms with Crippen molar-refractivity contribution >= 4 is 28.8 Å². The van der Waals surface area contributed by atoms with E-state index in [4.69, 9.17) is 13.3 Å². The molecule has 32 heavy (non-hydrogen) atoms. The predicted molar refractivity (Wildman–Crippen MR) is 128 cm³/mol. The number of aliphatic hydroxyl groups is 1. The van der Waals surface area contributed by atoms with Crippen LogP contribution in [-0.2, 0) is 23.5 Å². The van der Waals surface area contributed by atoms with Gasteiger partial charge in [0.25, 0.3) is 18.4 Å². The van der Waals surface area contributed by atoms with Gasteiger partial charge in [0.15, 0.2) is 0 Å². The lowest BCUT2D eigenvalue weighted by Gasteiger charge is -2.45. The van der Waals surface area contributed by atoms with Crippen molar-refractivity contribution < 1.29 is 26.9 Å². The first-order chi connectivity index (χ1) is 14.9. The van der Waals surface area contributed by atoms with Crippen LogP contribution >= 0.6 is 0 Å². The van der Waals surface area contributed by atoms with Gasteiger partial charge in [0, 0.05) is 5.92 Å². The molecule has 0 aromatic heterocycles. The van der Waals surface area contributed by atoms with E-state index in [0.717, 1.165) is 16.6 Å². The van der Waals surface area contributed by atoms with E-state index in [1.807, 2.05) is 43.3 Å². The van der Waals surface area contributed by atoms with Gasteiger partial charge in [0.2, 0.25) is 0 Å². The van der Waals surface area contributed by atoms with Gasteiger partial charge in [-0.05, 0) is 15.4 Å². The van der Waals surface area contributed by atoms with Gasteiger partial charge in [-0.2, -0.15) is 8.42 Å². The number of rotatable bonds is 8. The van der Waals surface area contributed by atoms with Crippen LogP contribution < -0.4 is 10.4 Å². The van der Waals surface area contributed by atoms with E-state index < -0.39 is 30.1 Å². The second-order valence-corrected chi connectivity index (χ2v) is 15.6. The first-order valence-electron chi connectivity index (χ1n) is 10.8. The molecule has 1 N–H and O–H groups in total. The maximum absolute atomic E-state index is 11.7. The van der Waals surface area contributed by atoms with E-state index >= 15 is 0 Å². The van der Waals surface area contributed by atoms with E-state index in [1.165, 1.54) is 0 Å². The zero-order valence-electron chi connectivity index (χ0n) is 19.4. The van der Waals surface area contributed by atoms with E-state index in [-0.39, 0.29) is 30.8 Å². The predicted octanol–water partition coefficient (Wildman–Crippen LogP) is 2.31. The largest absolute Gasteiger partial charge is 0.404 e. The number of ether oxygens (including phenoxy) is 1. The van der Waals surface area contributed by atoms with E-state index in [1.54, 1.807) is 0 Å². The fraction of sp³-hybridized carbons (Fsp3) is 0.500. The quantitative estimate of drug-likeness (QED) is 0.463. The first kappa shape index (κ1) is 25.1. The van der Waals surface area contributed by atoms with Gasteiger partial charge in [-0.3, -0.25) is 4.18 Å². The van der Waals surface area contributed by atoms with Crippen LogP contribution in [0.4, 0.5) is 0 Å². The molecular formula is C24H34O6SSi. The molecule has 176 valence electrons. The summed E-state index contributed by atoms with van der Waals surface area (Å²) in [7, 11) is -6.54. The van der Waals surface area contributed by atoms with Crippen molar-refractivity contribution in [1.82, 2.24) is 0 Å². The Balaban J connectivity index is 2.08. The Kier molecular flexibility index (Phi) is 7.34. The van der Waals surface area contributed by atoms with Crippen molar-refractivity contribution in [1.29, 1.82) is 0 Å². The Morgan fingerprint density at radius 1 is 1.03 bits per heavy atom. The number of benzene rings is 2. The molecule has 0 amide bonds. The standard InChI is InChI=1S/C24H34O6SSi/c1-19-22(25)16-28-24(19,17-29-31(5,26)27)18-30-32(23(2,3)4,20-12-8-6-9-13-20)21-14-10-7-11-15-21/h6-15,19,22,25H,16-18H2,1-5H3/t19-,22+,24+/m0/s1. The molecule has 0 unspecified atom stereocenters. The van der Waals surface area contributed by atoms with Crippen molar-refractivity contribution in [3.63, 3.8) is 0 Å². The molecule has 2 aromatic carbocycles. The van der Waals surface area contributed by atoms with Crippen molar-refractivity contribution in [2.24, 2.45) is 5.92 Å². The Morgan fingerprint density at radius 3 is 1.91 bits per heavy atom. The number of hydrogen-bond donors (Lipinski definition) is 1. The fourth-order valence-corrected chi connectivity index (χ4v) is 9.49. The molecule has 0 bridgehead atoms. The minimum Gasteiger partial charge on any atom is -0.404 e. The molecule has 1 heterocycles. The summed E-state index contributed by atoms with van der Waals surface area (Å²) in [5.41, 5.74) is -1.07. The van der Waals surface area contributed by atoms with Crippen LogP contribution in [0.2, 0.25) is 5.04 Å². The van der Waals surface area contributed by atoms with Crippen LogP contribution in [-0.4, -0.2) is 59.6 Å². The molecule has 2 aromatic rings. The monoisotopic (exact) mass is 478 g/mol. The van der Waals surface area contributed by atoms with Gasteiger partial charge >= 0.3 is 0 Å². The summed E-state index contributed by atoms with van der Waals surface area (Å²) in [5, 5.41) is 12.4. The van der Waals surface area contributed by atoms with E-state index in [9.17, 15) is 13.5 Å². The second-order valence-electron chi connectivity index (χ2n) is 9.65. The van der Waals surface area contributed by atoms with Gasteiger partial charge in [-0.1, -0.05) is 88.4 Å². The Morgan fingerprint density at radius 2 is 1.53 bits per heavy atom. The molecule has 3 rings (SSSR count). The molecule has 1 aliphatic heterocycles. The molecular weight excluding hydrogens is 444 g/mol. The smallest absolute Gasteiger partial charge is 0.264 e. The number of hydrogen-bond acceptors (Lipinski definition) is 6. The highest BCUT2D eigenvalue weighted by atomic mass is 32.2. The van der Waals surface area contributed by atoms with Crippen LogP contribution in [0.1, 0.15) is 27.7 Å². The summed E-state index contributed by atoms with van der Waals surface area (Å²) in [6, 6.07) is 20.4. The van der Waals surface area contributed by atoms with Crippen LogP contribution in [0.15, 0.2) is 60.7 Å². The van der Waals surface area contributed by atoms with E-state index in [0.29, 0.717) is 0 Å². The lowest BCUT2D eigenvalue weighted by Crippen LogP contribution is -2.68. The molecule has 8 heteroatoms. The maximum atomic E-state index is 11.7. The molecule has 1 aliphatic rings. The van der Waals surface area contributed by atoms with Gasteiger partial charge in [-0.25, -0.2) is 0 Å². The third-order valence-corrected chi connectivity index (χ3v) is 11.9. The van der Waals surface area contributed by atoms with Crippen molar-refractivity contribution in [2.45, 2.75) is 44.4 Å². The van der Waals surface area contributed by atoms with Crippen molar-refractivity contribution in [3.8, 4) is 0 Å². The Labute approximate surface area is 192 Å². The van der Waals surface area contributed by atoms with Crippen LogP contribution in [0.5, 0.6) is 0 Å². The number of aliphatic hydroxyl groups excluding tert-OH is 1. The normalized spacial score (nSPS) is 24.6. The molecule has 0 aliphatic carbocycles. The molecule has 0 spiro atoms. The van der Waals surface area contributed by atoms with Crippen LogP contribution in [0.3, 0.4) is 0 Å². The van der Waals surface area contributed by atoms with Gasteiger partial charge in [0.05, 0.1) is 32.2 Å². The molecule has 3 atom stereocenters. The molecule has 6 nitrogen and oxygen atoms in total. The molecule has 1 fully saturated rings. The fourth-order valence-electron chi connectivity index (χ4n) is 4.46. The highest BCUT2D eigenvalue weighted by Gasteiger charge is 2.54. The zero-order valence-corrected chi connectivity index (χ0v) is 21.3. The average molecular weight is 479 g/mol. The molecule has 0 radical (unpaired) electrons. The highest BCUT2D eigenvalue weighted by Crippen LogP contribution is 2.40. The van der Waals surface area contributed by atoms with E-state index in [2.05, 4.69) is 45.0 Å². The van der Waals surface area contributed by atoms with Crippen LogP contribution in [0.25, 0.3) is 0 Å². The summed E-state index contributed by atoms with van der Waals surface area (Å²) in [6.07, 6.45) is 0.292. The SMILES string of the molecule is C[C@H]1[C@H](O)CO[C@@]1(CO[Si](c1ccccc1)(c1ccccc1)C(C)(C)C)COS(C)(=O)=O. The van der Waals surface area contributed by atoms with Crippen molar-refractivity contribution in [2.75, 3.05) is 26.1 Å². The first-order valence-corrected chi connectivity index (χ1v) is 14.6. The van der Waals surface area contributed by atoms with Crippen molar-refractivity contribution in [3.05, 3.63) is 60.7 Å². The molecule has 0 saturated carbocycles. The summed E-state index contributed by atoms with van der Waals surface area (Å²) in [5.74, 6) is -0.359. The minimum atomic E-state index is -3.68. The Bertz CT molecular complexity index is 951. The second kappa shape index (κ2) is 9.36. The van der Waals surface area contributed by atoms with Crippen LogP contribution in [0, 0.1) is 5.92 Å². The van der Waals surface area contributed by atoms with Gasteiger partial charge < -0.3 is 14.3 Å².